The van der Waals surface area contributed by atoms with Crippen LogP contribution in [0.1, 0.15) is 5.56 Å². The van der Waals surface area contributed by atoms with Crippen molar-refractivity contribution in [1.29, 1.82) is 0 Å². The van der Waals surface area contributed by atoms with Crippen LogP contribution < -0.4 is 0 Å². The van der Waals surface area contributed by atoms with Crippen molar-refractivity contribution in [2.75, 3.05) is 25.7 Å². The highest BCUT2D eigenvalue weighted by Crippen LogP contribution is 2.11. The molecule has 84 valence electrons. The number of benzene rings is 1. The standard InChI is InChI=1S/C11H14Cl2O2/c12-4-5-14-6-7-15-9-10-2-1-3-11(13)8-10/h1-3,8H,4-7,9H2. The molecule has 4 heteroatoms. The molecular formula is C11H14Cl2O2. The molecule has 0 fully saturated rings. The van der Waals surface area contributed by atoms with Gasteiger partial charge in [0.1, 0.15) is 0 Å². The molecule has 0 aliphatic heterocycles. The maximum atomic E-state index is 5.83. The van der Waals surface area contributed by atoms with Crippen LogP contribution in [0.15, 0.2) is 24.3 Å². The molecule has 0 spiro atoms. The van der Waals surface area contributed by atoms with Crippen molar-refractivity contribution in [2.45, 2.75) is 6.61 Å². The minimum absolute atomic E-state index is 0.522. The first-order valence-corrected chi connectivity index (χ1v) is 5.70. The zero-order valence-electron chi connectivity index (χ0n) is 8.42. The van der Waals surface area contributed by atoms with Crippen LogP contribution in [0.4, 0.5) is 0 Å². The van der Waals surface area contributed by atoms with Gasteiger partial charge >= 0.3 is 0 Å². The Labute approximate surface area is 100 Å². The molecule has 0 heterocycles. The van der Waals surface area contributed by atoms with E-state index in [0.29, 0.717) is 32.3 Å². The first kappa shape index (κ1) is 12.8. The summed E-state index contributed by atoms with van der Waals surface area (Å²) in [6.45, 7) is 2.28. The third-order valence-electron chi connectivity index (χ3n) is 1.75. The largest absolute Gasteiger partial charge is 0.378 e. The van der Waals surface area contributed by atoms with E-state index in [1.807, 2.05) is 24.3 Å². The monoisotopic (exact) mass is 248 g/mol. The summed E-state index contributed by atoms with van der Waals surface area (Å²) in [6, 6.07) is 7.62. The van der Waals surface area contributed by atoms with E-state index in [-0.39, 0.29) is 0 Å². The molecule has 0 aliphatic carbocycles. The Morgan fingerprint density at radius 3 is 2.60 bits per heavy atom. The molecule has 2 nitrogen and oxygen atoms in total. The van der Waals surface area contributed by atoms with Crippen LogP contribution in [-0.2, 0) is 16.1 Å². The van der Waals surface area contributed by atoms with E-state index >= 15 is 0 Å². The molecule has 0 bridgehead atoms. The van der Waals surface area contributed by atoms with Gasteiger partial charge in [-0.05, 0) is 17.7 Å². The highest BCUT2D eigenvalue weighted by atomic mass is 35.5. The summed E-state index contributed by atoms with van der Waals surface area (Å²) in [7, 11) is 0. The van der Waals surface area contributed by atoms with Crippen LogP contribution in [-0.4, -0.2) is 25.7 Å². The lowest BCUT2D eigenvalue weighted by Crippen LogP contribution is -2.05. The highest BCUT2D eigenvalue weighted by Gasteiger charge is 1.94. The quantitative estimate of drug-likeness (QED) is 0.546. The van der Waals surface area contributed by atoms with Crippen LogP contribution in [0.3, 0.4) is 0 Å². The molecule has 0 amide bonds. The van der Waals surface area contributed by atoms with Crippen molar-refractivity contribution in [2.24, 2.45) is 0 Å². The highest BCUT2D eigenvalue weighted by molar-refractivity contribution is 6.30. The Kier molecular flexibility index (Phi) is 6.77. The van der Waals surface area contributed by atoms with Gasteiger partial charge in [-0.2, -0.15) is 0 Å². The van der Waals surface area contributed by atoms with Crippen molar-refractivity contribution in [1.82, 2.24) is 0 Å². The first-order valence-electron chi connectivity index (χ1n) is 4.79. The van der Waals surface area contributed by atoms with Gasteiger partial charge in [0.25, 0.3) is 0 Å². The fourth-order valence-corrected chi connectivity index (χ4v) is 1.41. The molecule has 0 saturated heterocycles. The minimum Gasteiger partial charge on any atom is -0.378 e. The first-order chi connectivity index (χ1) is 7.33. The zero-order valence-corrected chi connectivity index (χ0v) is 9.93. The third kappa shape index (κ3) is 6.00. The second kappa shape index (κ2) is 7.94. The van der Waals surface area contributed by atoms with Gasteiger partial charge in [-0.3, -0.25) is 0 Å². The van der Waals surface area contributed by atoms with Crippen LogP contribution in [0.25, 0.3) is 0 Å². The molecular weight excluding hydrogens is 235 g/mol. The van der Waals surface area contributed by atoms with Crippen LogP contribution >= 0.6 is 23.2 Å². The Morgan fingerprint density at radius 2 is 1.87 bits per heavy atom. The lowest BCUT2D eigenvalue weighted by Gasteiger charge is -2.05. The van der Waals surface area contributed by atoms with E-state index in [1.165, 1.54) is 0 Å². The normalized spacial score (nSPS) is 10.5. The minimum atomic E-state index is 0.522. The summed E-state index contributed by atoms with van der Waals surface area (Å²) in [6.07, 6.45) is 0. The average Bonchev–Trinajstić information content (AvgIpc) is 2.23. The summed E-state index contributed by atoms with van der Waals surface area (Å²) in [5.41, 5.74) is 1.07. The van der Waals surface area contributed by atoms with E-state index < -0.39 is 0 Å². The Hall–Kier alpha value is -0.280. The lowest BCUT2D eigenvalue weighted by atomic mass is 10.2. The smallest absolute Gasteiger partial charge is 0.0718 e. The number of halogens is 2. The SMILES string of the molecule is ClCCOCCOCc1cccc(Cl)c1. The Balaban J connectivity index is 2.10. The van der Waals surface area contributed by atoms with Gasteiger partial charge in [0.2, 0.25) is 0 Å². The molecule has 0 saturated carbocycles. The van der Waals surface area contributed by atoms with Gasteiger partial charge in [-0.1, -0.05) is 23.7 Å². The third-order valence-corrected chi connectivity index (χ3v) is 2.14. The molecule has 1 rings (SSSR count). The molecule has 0 aromatic heterocycles. The fourth-order valence-electron chi connectivity index (χ4n) is 1.09. The second-order valence-electron chi connectivity index (χ2n) is 2.98. The van der Waals surface area contributed by atoms with E-state index in [4.69, 9.17) is 32.7 Å². The Bertz CT molecular complexity index is 279. The van der Waals surface area contributed by atoms with Gasteiger partial charge in [0, 0.05) is 10.9 Å². The summed E-state index contributed by atoms with van der Waals surface area (Å²) in [5, 5.41) is 0.731. The molecule has 0 N–H and O–H groups in total. The van der Waals surface area contributed by atoms with Crippen LogP contribution in [0.5, 0.6) is 0 Å². The topological polar surface area (TPSA) is 18.5 Å². The predicted molar refractivity (Wildman–Crippen MR) is 62.6 cm³/mol. The average molecular weight is 249 g/mol. The second-order valence-corrected chi connectivity index (χ2v) is 3.80. The summed E-state index contributed by atoms with van der Waals surface area (Å²) in [5.74, 6) is 0.522. The number of hydrogen-bond acceptors (Lipinski definition) is 2. The van der Waals surface area contributed by atoms with Crippen LogP contribution in [0.2, 0.25) is 5.02 Å². The molecule has 1 aromatic carbocycles. The van der Waals surface area contributed by atoms with Gasteiger partial charge in [0.05, 0.1) is 26.4 Å². The predicted octanol–water partition coefficient (Wildman–Crippen LogP) is 3.11. The maximum absolute atomic E-state index is 5.83. The van der Waals surface area contributed by atoms with Gasteiger partial charge < -0.3 is 9.47 Å². The fraction of sp³-hybridized carbons (Fsp3) is 0.455. The molecule has 0 atom stereocenters. The molecule has 1 aromatic rings. The summed E-state index contributed by atoms with van der Waals surface area (Å²) >= 11 is 11.3. The molecule has 0 unspecified atom stereocenters. The van der Waals surface area contributed by atoms with Gasteiger partial charge in [0.15, 0.2) is 0 Å². The Morgan fingerprint density at radius 1 is 1.07 bits per heavy atom. The number of ether oxygens (including phenoxy) is 2. The molecule has 0 radical (unpaired) electrons. The van der Waals surface area contributed by atoms with Crippen molar-refractivity contribution in [3.63, 3.8) is 0 Å². The van der Waals surface area contributed by atoms with E-state index in [2.05, 4.69) is 0 Å². The molecule has 15 heavy (non-hydrogen) atoms. The van der Waals surface area contributed by atoms with Crippen molar-refractivity contribution >= 4 is 23.2 Å². The molecule has 0 aliphatic rings. The number of hydrogen-bond donors (Lipinski definition) is 0. The maximum Gasteiger partial charge on any atom is 0.0718 e. The van der Waals surface area contributed by atoms with Crippen LogP contribution in [0, 0.1) is 0 Å². The lowest BCUT2D eigenvalue weighted by molar-refractivity contribution is 0.0459. The number of rotatable bonds is 7. The van der Waals surface area contributed by atoms with E-state index in [9.17, 15) is 0 Å². The van der Waals surface area contributed by atoms with E-state index in [0.717, 1.165) is 10.6 Å². The summed E-state index contributed by atoms with van der Waals surface area (Å²) < 4.78 is 10.6. The van der Waals surface area contributed by atoms with Crippen molar-refractivity contribution < 1.29 is 9.47 Å². The van der Waals surface area contributed by atoms with E-state index in [1.54, 1.807) is 0 Å². The van der Waals surface area contributed by atoms with Gasteiger partial charge in [-0.15, -0.1) is 11.6 Å². The summed E-state index contributed by atoms with van der Waals surface area (Å²) in [4.78, 5) is 0. The van der Waals surface area contributed by atoms with Crippen molar-refractivity contribution in [3.8, 4) is 0 Å². The van der Waals surface area contributed by atoms with Crippen molar-refractivity contribution in [3.05, 3.63) is 34.9 Å². The van der Waals surface area contributed by atoms with Gasteiger partial charge in [-0.25, -0.2) is 0 Å². The number of alkyl halides is 1. The zero-order chi connectivity index (χ0) is 10.9.